The van der Waals surface area contributed by atoms with Crippen molar-refractivity contribution in [3.05, 3.63) is 34.9 Å². The van der Waals surface area contributed by atoms with Crippen LogP contribution in [0.25, 0.3) is 0 Å². The molecule has 1 aliphatic heterocycles. The van der Waals surface area contributed by atoms with Gasteiger partial charge in [-0.1, -0.05) is 17.2 Å². The Bertz CT molecular complexity index is 683. The summed E-state index contributed by atoms with van der Waals surface area (Å²) in [5.74, 6) is -0.381. The summed E-state index contributed by atoms with van der Waals surface area (Å²) < 4.78 is 5.32. The monoisotopic (exact) mass is 269 g/mol. The average molecular weight is 269 g/mol. The van der Waals surface area contributed by atoms with Gasteiger partial charge in [-0.05, 0) is 38.8 Å². The van der Waals surface area contributed by atoms with Crippen molar-refractivity contribution >= 4 is 5.97 Å². The second kappa shape index (κ2) is 4.11. The van der Waals surface area contributed by atoms with Gasteiger partial charge in [0.05, 0.1) is 6.07 Å². The van der Waals surface area contributed by atoms with Crippen LogP contribution in [0.5, 0.6) is 11.5 Å². The maximum absolute atomic E-state index is 12.4. The Labute approximate surface area is 117 Å². The molecule has 2 atom stereocenters. The molecule has 0 radical (unpaired) electrons. The largest absolute Gasteiger partial charge is 0.508 e. The minimum Gasteiger partial charge on any atom is -0.508 e. The summed E-state index contributed by atoms with van der Waals surface area (Å²) in [4.78, 5) is 12.4. The minimum atomic E-state index is -1.21. The van der Waals surface area contributed by atoms with Crippen molar-refractivity contribution in [2.45, 2.75) is 32.6 Å². The molecule has 4 heteroatoms. The number of benzene rings is 1. The Hall–Kier alpha value is -2.28. The lowest BCUT2D eigenvalue weighted by Crippen LogP contribution is -2.45. The second-order valence-electron chi connectivity index (χ2n) is 5.66. The smallest absolute Gasteiger partial charge is 0.332 e. The van der Waals surface area contributed by atoms with Gasteiger partial charge in [0.2, 0.25) is 0 Å². The van der Waals surface area contributed by atoms with Crippen molar-refractivity contribution < 1.29 is 14.6 Å². The summed E-state index contributed by atoms with van der Waals surface area (Å²) >= 11 is 0. The Kier molecular flexibility index (Phi) is 2.62. The van der Waals surface area contributed by atoms with Crippen LogP contribution in [0.4, 0.5) is 0 Å². The van der Waals surface area contributed by atoms with Gasteiger partial charge in [-0.15, -0.1) is 0 Å². The molecule has 0 saturated heterocycles. The molecule has 0 spiro atoms. The first-order valence-corrected chi connectivity index (χ1v) is 6.60. The van der Waals surface area contributed by atoms with Gasteiger partial charge < -0.3 is 9.84 Å². The quantitative estimate of drug-likeness (QED) is 0.446. The van der Waals surface area contributed by atoms with E-state index in [1.807, 2.05) is 13.8 Å². The van der Waals surface area contributed by atoms with Gasteiger partial charge in [0, 0.05) is 11.5 Å². The fourth-order valence-electron chi connectivity index (χ4n) is 3.24. The van der Waals surface area contributed by atoms with Gasteiger partial charge in [-0.25, -0.2) is 4.79 Å². The zero-order chi connectivity index (χ0) is 14.5. The minimum absolute atomic E-state index is 0.0898. The van der Waals surface area contributed by atoms with E-state index in [1.54, 1.807) is 18.2 Å². The number of carbonyl (C=O) groups is 1. The molecule has 20 heavy (non-hydrogen) atoms. The van der Waals surface area contributed by atoms with E-state index < -0.39 is 11.4 Å². The summed E-state index contributed by atoms with van der Waals surface area (Å²) in [6.07, 6.45) is 0.964. The predicted octanol–water partition coefficient (Wildman–Crippen LogP) is 3.03. The van der Waals surface area contributed by atoms with E-state index in [0.717, 1.165) is 5.57 Å². The van der Waals surface area contributed by atoms with Crippen LogP contribution in [0.1, 0.15) is 38.2 Å². The highest BCUT2D eigenvalue weighted by molar-refractivity contribution is 5.87. The molecule has 0 aromatic heterocycles. The number of aromatic hydroxyl groups is 1. The maximum Gasteiger partial charge on any atom is 0.332 e. The van der Waals surface area contributed by atoms with Crippen molar-refractivity contribution in [1.29, 1.82) is 5.26 Å². The van der Waals surface area contributed by atoms with Crippen molar-refractivity contribution in [3.8, 4) is 17.6 Å². The second-order valence-corrected chi connectivity index (χ2v) is 5.66. The van der Waals surface area contributed by atoms with E-state index in [4.69, 9.17) is 4.74 Å². The lowest BCUT2D eigenvalue weighted by molar-refractivity contribution is -0.146. The summed E-state index contributed by atoms with van der Waals surface area (Å²) in [6, 6.07) is 7.04. The Morgan fingerprint density at radius 1 is 1.40 bits per heavy atom. The van der Waals surface area contributed by atoms with E-state index in [0.29, 0.717) is 24.2 Å². The first kappa shape index (κ1) is 12.7. The number of ether oxygens (including phenoxy) is 1. The van der Waals surface area contributed by atoms with Crippen molar-refractivity contribution in [1.82, 2.24) is 0 Å². The van der Waals surface area contributed by atoms with Gasteiger partial charge in [0.25, 0.3) is 0 Å². The third-order valence-corrected chi connectivity index (χ3v) is 4.54. The van der Waals surface area contributed by atoms with Crippen LogP contribution in [0.15, 0.2) is 29.3 Å². The molecule has 4 nitrogen and oxygen atoms in total. The zero-order valence-electron chi connectivity index (χ0n) is 11.4. The molecule has 1 aromatic carbocycles. The number of nitriles is 1. The number of carbonyl (C=O) groups excluding carboxylic acids is 1. The highest BCUT2D eigenvalue weighted by atomic mass is 16.5. The summed E-state index contributed by atoms with van der Waals surface area (Å²) in [7, 11) is 0. The summed E-state index contributed by atoms with van der Waals surface area (Å²) in [6.45, 7) is 3.95. The molecule has 1 aromatic rings. The molecule has 102 valence electrons. The normalized spacial score (nSPS) is 28.2. The highest BCUT2D eigenvalue weighted by Gasteiger charge is 2.55. The van der Waals surface area contributed by atoms with Crippen LogP contribution in [-0.2, 0) is 4.79 Å². The van der Waals surface area contributed by atoms with Crippen molar-refractivity contribution in [3.63, 3.8) is 0 Å². The number of rotatable bonds is 0. The number of allylic oxidation sites excluding steroid dienone is 2. The van der Waals surface area contributed by atoms with E-state index in [9.17, 15) is 15.2 Å². The van der Waals surface area contributed by atoms with Crippen LogP contribution in [0.2, 0.25) is 0 Å². The Morgan fingerprint density at radius 2 is 2.15 bits per heavy atom. The number of nitrogens with zero attached hydrogens (tertiary/aromatic N) is 1. The molecule has 0 saturated carbocycles. The number of phenolic OH excluding ortho intramolecular Hbond substituents is 1. The zero-order valence-corrected chi connectivity index (χ0v) is 11.4. The first-order valence-electron chi connectivity index (χ1n) is 6.60. The van der Waals surface area contributed by atoms with Gasteiger partial charge in [-0.2, -0.15) is 5.26 Å². The van der Waals surface area contributed by atoms with E-state index in [1.165, 1.54) is 5.57 Å². The molecule has 3 rings (SSSR count). The molecular formula is C16H15NO3. The number of hydrogen-bond acceptors (Lipinski definition) is 4. The van der Waals surface area contributed by atoms with Crippen molar-refractivity contribution in [2.75, 3.05) is 0 Å². The molecule has 0 fully saturated rings. The fraction of sp³-hybridized carbons (Fsp3) is 0.375. The highest BCUT2D eigenvalue weighted by Crippen LogP contribution is 2.56. The average Bonchev–Trinajstić information content (AvgIpc) is 2.41. The van der Waals surface area contributed by atoms with E-state index in [2.05, 4.69) is 6.07 Å². The number of esters is 1. The third-order valence-electron chi connectivity index (χ3n) is 4.54. The van der Waals surface area contributed by atoms with Gasteiger partial charge >= 0.3 is 5.97 Å². The summed E-state index contributed by atoms with van der Waals surface area (Å²) in [5, 5.41) is 19.7. The van der Waals surface area contributed by atoms with Crippen LogP contribution in [0, 0.1) is 16.7 Å². The summed E-state index contributed by atoms with van der Waals surface area (Å²) in [5.41, 5.74) is 1.60. The standard InChI is InChI=1S/C16H15NO3/c1-9-6-11-14-12(18)4-3-5-13(14)20-15(19)16(11,8-17)7-10(9)2/h3-5,11,18H,6-7H2,1-2H3/t11-,16+/m0/s1. The third kappa shape index (κ3) is 1.50. The van der Waals surface area contributed by atoms with Crippen LogP contribution < -0.4 is 4.74 Å². The molecule has 0 amide bonds. The van der Waals surface area contributed by atoms with E-state index >= 15 is 0 Å². The molecule has 0 unspecified atom stereocenters. The Morgan fingerprint density at radius 3 is 2.85 bits per heavy atom. The SMILES string of the molecule is CC1=C(C)C[C@]2(C#N)C(=O)Oc3cccc(O)c3[C@@H]2C1. The number of fused-ring (bicyclic) bond motifs is 3. The molecule has 1 N–H and O–H groups in total. The molecule has 1 aliphatic carbocycles. The van der Waals surface area contributed by atoms with Gasteiger partial charge in [-0.3, -0.25) is 0 Å². The molecular weight excluding hydrogens is 254 g/mol. The maximum atomic E-state index is 12.4. The van der Waals surface area contributed by atoms with Crippen LogP contribution in [0.3, 0.4) is 0 Å². The van der Waals surface area contributed by atoms with Gasteiger partial charge in [0.1, 0.15) is 11.5 Å². The molecule has 1 heterocycles. The molecule has 2 aliphatic rings. The number of phenols is 1. The lowest BCUT2D eigenvalue weighted by Gasteiger charge is -2.41. The fourth-order valence-corrected chi connectivity index (χ4v) is 3.24. The van der Waals surface area contributed by atoms with Gasteiger partial charge in [0.15, 0.2) is 5.41 Å². The molecule has 0 bridgehead atoms. The van der Waals surface area contributed by atoms with E-state index in [-0.39, 0.29) is 11.7 Å². The predicted molar refractivity (Wildman–Crippen MR) is 72.1 cm³/mol. The van der Waals surface area contributed by atoms with Crippen LogP contribution in [-0.4, -0.2) is 11.1 Å². The van der Waals surface area contributed by atoms with Crippen molar-refractivity contribution in [2.24, 2.45) is 5.41 Å². The first-order chi connectivity index (χ1) is 9.49. The topological polar surface area (TPSA) is 70.3 Å². The Balaban J connectivity index is 2.26. The van der Waals surface area contributed by atoms with Crippen LogP contribution >= 0.6 is 0 Å². The lowest BCUT2D eigenvalue weighted by atomic mass is 9.62. The number of hydrogen-bond donors (Lipinski definition) is 1.